The molecule has 4 rings (SSSR count). The molecule has 220 valence electrons. The molecule has 4 N–H and O–H groups in total. The zero-order valence-electron chi connectivity index (χ0n) is 23.7. The summed E-state index contributed by atoms with van der Waals surface area (Å²) in [5.74, 6) is -0.935. The summed E-state index contributed by atoms with van der Waals surface area (Å²) in [6.07, 6.45) is 1.47. The third kappa shape index (κ3) is 8.64. The number of benzene rings is 4. The van der Waals surface area contributed by atoms with Gasteiger partial charge in [-0.2, -0.15) is 0 Å². The number of carbonyl (C=O) groups is 3. The number of hydrogen-bond acceptors (Lipinski definition) is 6. The Bertz CT molecular complexity index is 1680. The van der Waals surface area contributed by atoms with Gasteiger partial charge in [0.1, 0.15) is 17.2 Å². The lowest BCUT2D eigenvalue weighted by molar-refractivity contribution is -0.115. The van der Waals surface area contributed by atoms with Crippen molar-refractivity contribution in [1.29, 1.82) is 0 Å². The molecule has 1 unspecified atom stereocenters. The SMILES string of the molecule is COc1cc(O)ccc1/C=C(/NC(=O)c1ccccc1)C(=O)Nc1cccc(SC(C)C(=O)Nc2cc(Cl)ccc2C)c1. The number of aryl methyl sites for hydroxylation is 1. The minimum absolute atomic E-state index is 0.00625. The number of halogens is 1. The molecule has 3 amide bonds. The number of ether oxygens (including phenoxy) is 1. The van der Waals surface area contributed by atoms with E-state index in [-0.39, 0.29) is 17.4 Å². The highest BCUT2D eigenvalue weighted by atomic mass is 35.5. The number of carbonyl (C=O) groups excluding carboxylic acids is 3. The number of methoxy groups -OCH3 is 1. The van der Waals surface area contributed by atoms with Crippen molar-refractivity contribution in [3.8, 4) is 11.5 Å². The summed E-state index contributed by atoms with van der Waals surface area (Å²) in [7, 11) is 1.44. The summed E-state index contributed by atoms with van der Waals surface area (Å²) >= 11 is 7.41. The van der Waals surface area contributed by atoms with E-state index in [0.717, 1.165) is 10.5 Å². The molecule has 0 spiro atoms. The van der Waals surface area contributed by atoms with Crippen LogP contribution in [0, 0.1) is 6.92 Å². The number of phenolic OH excluding ortho intramolecular Hbond substituents is 1. The summed E-state index contributed by atoms with van der Waals surface area (Å²) in [6.45, 7) is 3.68. The van der Waals surface area contributed by atoms with Gasteiger partial charge in [0.15, 0.2) is 0 Å². The molecule has 1 atom stereocenters. The van der Waals surface area contributed by atoms with Gasteiger partial charge in [-0.1, -0.05) is 41.9 Å². The molecule has 8 nitrogen and oxygen atoms in total. The molecule has 0 fully saturated rings. The summed E-state index contributed by atoms with van der Waals surface area (Å²) in [6, 6.07) is 25.3. The molecule has 4 aromatic carbocycles. The number of thioether (sulfide) groups is 1. The average Bonchev–Trinajstić information content (AvgIpc) is 2.99. The van der Waals surface area contributed by atoms with Crippen LogP contribution in [0.2, 0.25) is 5.02 Å². The third-order valence-electron chi connectivity index (χ3n) is 6.28. The topological polar surface area (TPSA) is 117 Å². The fourth-order valence-corrected chi connectivity index (χ4v) is 5.08. The van der Waals surface area contributed by atoms with Crippen LogP contribution in [0.4, 0.5) is 11.4 Å². The van der Waals surface area contributed by atoms with E-state index in [4.69, 9.17) is 16.3 Å². The fraction of sp³-hybridized carbons (Fsp3) is 0.121. The molecule has 4 aromatic rings. The molecule has 0 aliphatic rings. The predicted molar refractivity (Wildman–Crippen MR) is 172 cm³/mol. The summed E-state index contributed by atoms with van der Waals surface area (Å²) in [5.41, 5.74) is 2.81. The molecule has 0 aliphatic heterocycles. The van der Waals surface area contributed by atoms with Crippen LogP contribution in [0.15, 0.2) is 102 Å². The molecular weight excluding hydrogens is 586 g/mol. The van der Waals surface area contributed by atoms with Gasteiger partial charge in [0.2, 0.25) is 5.91 Å². The van der Waals surface area contributed by atoms with Gasteiger partial charge in [-0.05, 0) is 80.1 Å². The summed E-state index contributed by atoms with van der Waals surface area (Å²) < 4.78 is 5.35. The Labute approximate surface area is 259 Å². The Morgan fingerprint density at radius 3 is 2.44 bits per heavy atom. The number of aromatic hydroxyl groups is 1. The van der Waals surface area contributed by atoms with Crippen molar-refractivity contribution in [2.75, 3.05) is 17.7 Å². The van der Waals surface area contributed by atoms with Gasteiger partial charge in [-0.15, -0.1) is 11.8 Å². The number of amides is 3. The lowest BCUT2D eigenvalue weighted by atomic mass is 10.1. The van der Waals surface area contributed by atoms with E-state index < -0.39 is 17.1 Å². The van der Waals surface area contributed by atoms with E-state index in [1.165, 1.54) is 37.1 Å². The van der Waals surface area contributed by atoms with Crippen molar-refractivity contribution in [3.63, 3.8) is 0 Å². The number of nitrogens with one attached hydrogen (secondary N) is 3. The Balaban J connectivity index is 1.52. The van der Waals surface area contributed by atoms with Crippen molar-refractivity contribution in [3.05, 3.63) is 118 Å². The monoisotopic (exact) mass is 615 g/mol. The van der Waals surface area contributed by atoms with Crippen molar-refractivity contribution < 1.29 is 24.2 Å². The van der Waals surface area contributed by atoms with E-state index in [0.29, 0.717) is 33.3 Å². The van der Waals surface area contributed by atoms with Gasteiger partial charge in [-0.3, -0.25) is 14.4 Å². The quantitative estimate of drug-likeness (QED) is 0.114. The number of rotatable bonds is 10. The van der Waals surface area contributed by atoms with Gasteiger partial charge in [0.25, 0.3) is 11.8 Å². The molecule has 0 heterocycles. The van der Waals surface area contributed by atoms with E-state index in [2.05, 4.69) is 16.0 Å². The maximum Gasteiger partial charge on any atom is 0.272 e. The van der Waals surface area contributed by atoms with E-state index >= 15 is 0 Å². The molecule has 0 saturated carbocycles. The first-order valence-electron chi connectivity index (χ1n) is 13.2. The highest BCUT2D eigenvalue weighted by Crippen LogP contribution is 2.29. The van der Waals surface area contributed by atoms with Crippen LogP contribution < -0.4 is 20.7 Å². The molecular formula is C33H30ClN3O5S. The fourth-order valence-electron chi connectivity index (χ4n) is 3.98. The largest absolute Gasteiger partial charge is 0.508 e. The second-order valence-electron chi connectivity index (χ2n) is 9.49. The minimum Gasteiger partial charge on any atom is -0.508 e. The van der Waals surface area contributed by atoms with Crippen LogP contribution in [0.1, 0.15) is 28.4 Å². The van der Waals surface area contributed by atoms with Gasteiger partial charge in [0, 0.05) is 38.5 Å². The van der Waals surface area contributed by atoms with Crippen LogP contribution in [-0.2, 0) is 9.59 Å². The predicted octanol–water partition coefficient (Wildman–Crippen LogP) is 6.89. The molecule has 0 radical (unpaired) electrons. The molecule has 0 aromatic heterocycles. The summed E-state index contributed by atoms with van der Waals surface area (Å²) in [5, 5.41) is 18.3. The maximum atomic E-state index is 13.5. The van der Waals surface area contributed by atoms with Crippen LogP contribution in [0.3, 0.4) is 0 Å². The van der Waals surface area contributed by atoms with E-state index in [1.807, 2.05) is 19.1 Å². The van der Waals surface area contributed by atoms with Crippen LogP contribution in [0.5, 0.6) is 11.5 Å². The van der Waals surface area contributed by atoms with Gasteiger partial charge in [-0.25, -0.2) is 0 Å². The maximum absolute atomic E-state index is 13.5. The molecule has 43 heavy (non-hydrogen) atoms. The second-order valence-corrected chi connectivity index (χ2v) is 11.3. The van der Waals surface area contributed by atoms with Crippen molar-refractivity contribution in [1.82, 2.24) is 5.32 Å². The van der Waals surface area contributed by atoms with E-state index in [9.17, 15) is 19.5 Å². The lowest BCUT2D eigenvalue weighted by Gasteiger charge is -2.15. The van der Waals surface area contributed by atoms with Crippen molar-refractivity contribution >= 4 is 58.5 Å². The van der Waals surface area contributed by atoms with Crippen molar-refractivity contribution in [2.45, 2.75) is 24.0 Å². The molecule has 0 aliphatic carbocycles. The standard InChI is InChI=1S/C33H30ClN3O5S/c1-20-12-14-24(34)17-28(20)36-31(39)21(2)43-27-11-7-10-25(18-27)35-33(41)29(37-32(40)22-8-5-4-6-9-22)16-23-13-15-26(38)19-30(23)42-3/h4-19,21,38H,1-3H3,(H,35,41)(H,36,39)(H,37,40)/b29-16+. The molecule has 10 heteroatoms. The average molecular weight is 616 g/mol. The highest BCUT2D eigenvalue weighted by Gasteiger charge is 2.18. The van der Waals surface area contributed by atoms with Gasteiger partial charge < -0.3 is 25.8 Å². The zero-order valence-corrected chi connectivity index (χ0v) is 25.3. The first-order valence-corrected chi connectivity index (χ1v) is 14.5. The minimum atomic E-state index is -0.580. The second kappa shape index (κ2) is 14.4. The normalized spacial score (nSPS) is 11.8. The highest BCUT2D eigenvalue weighted by molar-refractivity contribution is 8.00. The van der Waals surface area contributed by atoms with Crippen LogP contribution in [0.25, 0.3) is 6.08 Å². The Hall–Kier alpha value is -4.73. The van der Waals surface area contributed by atoms with Gasteiger partial charge >= 0.3 is 0 Å². The lowest BCUT2D eigenvalue weighted by Crippen LogP contribution is -2.30. The first-order chi connectivity index (χ1) is 20.6. The zero-order chi connectivity index (χ0) is 30.9. The molecule has 0 saturated heterocycles. The van der Waals surface area contributed by atoms with Crippen molar-refractivity contribution in [2.24, 2.45) is 0 Å². The Morgan fingerprint density at radius 2 is 1.70 bits per heavy atom. The Kier molecular flexibility index (Phi) is 10.5. The van der Waals surface area contributed by atoms with Crippen LogP contribution in [-0.4, -0.2) is 35.2 Å². The first kappa shape index (κ1) is 31.2. The Morgan fingerprint density at radius 1 is 0.930 bits per heavy atom. The van der Waals surface area contributed by atoms with Gasteiger partial charge in [0.05, 0.1) is 12.4 Å². The van der Waals surface area contributed by atoms with E-state index in [1.54, 1.807) is 73.7 Å². The number of hydrogen-bond donors (Lipinski definition) is 4. The summed E-state index contributed by atoms with van der Waals surface area (Å²) in [4.78, 5) is 40.1. The smallest absolute Gasteiger partial charge is 0.272 e. The number of phenols is 1. The number of anilines is 2. The van der Waals surface area contributed by atoms with Crippen LogP contribution >= 0.6 is 23.4 Å². The molecule has 0 bridgehead atoms. The third-order valence-corrected chi connectivity index (χ3v) is 7.61.